The van der Waals surface area contributed by atoms with Crippen LogP contribution in [0.4, 0.5) is 0 Å². The van der Waals surface area contributed by atoms with Gasteiger partial charge >= 0.3 is 0 Å². The van der Waals surface area contributed by atoms with Crippen molar-refractivity contribution in [3.8, 4) is 0 Å². The minimum Gasteiger partial charge on any atom is -0.353 e. The third kappa shape index (κ3) is 3.91. The van der Waals surface area contributed by atoms with Gasteiger partial charge in [0, 0.05) is 43.0 Å². The molecule has 1 aliphatic rings. The summed E-state index contributed by atoms with van der Waals surface area (Å²) in [6.07, 6.45) is 3.10. The lowest BCUT2D eigenvalue weighted by molar-refractivity contribution is 0.0924. The van der Waals surface area contributed by atoms with E-state index in [1.165, 1.54) is 16.8 Å². The fourth-order valence-corrected chi connectivity index (χ4v) is 4.42. The number of hydrogen-bond donors (Lipinski definition) is 1. The number of carbonyl (C=O) groups excluding carboxylic acids is 1. The van der Waals surface area contributed by atoms with Crippen LogP contribution in [0.25, 0.3) is 0 Å². The number of benzene rings is 2. The zero-order valence-electron chi connectivity index (χ0n) is 15.9. The van der Waals surface area contributed by atoms with E-state index in [2.05, 4.69) is 80.4 Å². The Morgan fingerprint density at radius 3 is 2.57 bits per heavy atom. The molecular weight excluding hydrogens is 414 g/mol. The van der Waals surface area contributed by atoms with E-state index in [0.29, 0.717) is 12.1 Å². The number of halogens is 1. The number of rotatable bonds is 5. The molecule has 4 nitrogen and oxygen atoms in total. The zero-order chi connectivity index (χ0) is 19.5. The summed E-state index contributed by atoms with van der Waals surface area (Å²) in [6, 6.07) is 20.5. The Labute approximate surface area is 174 Å². The summed E-state index contributed by atoms with van der Waals surface area (Å²) in [6.45, 7) is 2.45. The number of amides is 1. The molecule has 2 heterocycles. The topological polar surface area (TPSA) is 37.3 Å². The van der Waals surface area contributed by atoms with Gasteiger partial charge < -0.3 is 9.88 Å². The molecule has 0 bridgehead atoms. The summed E-state index contributed by atoms with van der Waals surface area (Å²) in [5.41, 5.74) is 4.69. The molecule has 0 fully saturated rings. The Hall–Kier alpha value is -2.37. The van der Waals surface area contributed by atoms with Crippen molar-refractivity contribution in [2.45, 2.75) is 19.0 Å². The Morgan fingerprint density at radius 2 is 1.82 bits per heavy atom. The van der Waals surface area contributed by atoms with Crippen molar-refractivity contribution in [1.82, 2.24) is 14.8 Å². The van der Waals surface area contributed by atoms with E-state index in [0.717, 1.165) is 24.0 Å². The summed E-state index contributed by atoms with van der Waals surface area (Å²) < 4.78 is 2.96. The monoisotopic (exact) mass is 437 g/mol. The Bertz CT molecular complexity index is 981. The van der Waals surface area contributed by atoms with Gasteiger partial charge in [-0.1, -0.05) is 36.4 Å². The maximum Gasteiger partial charge on any atom is 0.252 e. The minimum atomic E-state index is -0.0518. The summed E-state index contributed by atoms with van der Waals surface area (Å²) in [7, 11) is 2.07. The molecule has 3 aromatic rings. The molecule has 1 atom stereocenters. The Balaban J connectivity index is 1.55. The fraction of sp³-hybridized carbons (Fsp3) is 0.261. The summed E-state index contributed by atoms with van der Waals surface area (Å²) in [4.78, 5) is 15.2. The van der Waals surface area contributed by atoms with Crippen LogP contribution in [0.3, 0.4) is 0 Å². The van der Waals surface area contributed by atoms with Crippen molar-refractivity contribution in [1.29, 1.82) is 0 Å². The van der Waals surface area contributed by atoms with E-state index in [4.69, 9.17) is 0 Å². The molecule has 28 heavy (non-hydrogen) atoms. The molecule has 0 aliphatic carbocycles. The van der Waals surface area contributed by atoms with Gasteiger partial charge in [0.25, 0.3) is 5.91 Å². The van der Waals surface area contributed by atoms with Gasteiger partial charge in [-0.05, 0) is 57.7 Å². The van der Waals surface area contributed by atoms with Crippen LogP contribution >= 0.6 is 15.9 Å². The van der Waals surface area contributed by atoms with E-state index in [-0.39, 0.29) is 11.9 Å². The number of fused-ring (bicyclic) bond motifs is 1. The fourth-order valence-electron chi connectivity index (χ4n) is 3.95. The average molecular weight is 438 g/mol. The molecule has 0 saturated carbocycles. The van der Waals surface area contributed by atoms with Crippen LogP contribution in [0.5, 0.6) is 0 Å². The van der Waals surface area contributed by atoms with Gasteiger partial charge in [0.2, 0.25) is 0 Å². The second-order valence-electron chi connectivity index (χ2n) is 7.24. The molecule has 1 aromatic heterocycles. The molecule has 0 radical (unpaired) electrons. The second kappa shape index (κ2) is 8.33. The number of nitrogens with one attached hydrogen (secondary N) is 1. The Morgan fingerprint density at radius 1 is 1.07 bits per heavy atom. The third-order valence-corrected chi connectivity index (χ3v) is 6.19. The predicted octanol–water partition coefficient (Wildman–Crippen LogP) is 4.32. The molecule has 144 valence electrons. The van der Waals surface area contributed by atoms with Crippen LogP contribution in [-0.4, -0.2) is 28.5 Å². The van der Waals surface area contributed by atoms with Crippen molar-refractivity contribution in [2.24, 2.45) is 7.05 Å². The minimum absolute atomic E-state index is 0.0518. The molecule has 5 heteroatoms. The normalized spacial score (nSPS) is 15.1. The molecule has 1 N–H and O–H groups in total. The quantitative estimate of drug-likeness (QED) is 0.645. The highest BCUT2D eigenvalue weighted by Gasteiger charge is 2.27. The van der Waals surface area contributed by atoms with Crippen LogP contribution in [-0.2, 0) is 20.0 Å². The highest BCUT2D eigenvalue weighted by molar-refractivity contribution is 9.10. The van der Waals surface area contributed by atoms with Crippen molar-refractivity contribution in [2.75, 3.05) is 13.1 Å². The van der Waals surface area contributed by atoms with E-state index < -0.39 is 0 Å². The summed E-state index contributed by atoms with van der Waals surface area (Å²) in [5, 5.41) is 3.15. The van der Waals surface area contributed by atoms with Gasteiger partial charge in [-0.25, -0.2) is 0 Å². The van der Waals surface area contributed by atoms with Crippen LogP contribution in [0.15, 0.2) is 71.3 Å². The highest BCUT2D eigenvalue weighted by atomic mass is 79.9. The number of aromatic nitrogens is 1. The molecular formula is C23H24BrN3O. The standard InChI is InChI=1S/C23H24BrN3O/c1-26-13-6-11-21(26)22(15-25-23(28)19-9-4-5-10-20(19)24)27-14-12-17-7-2-3-8-18(17)16-27/h2-11,13,22H,12,14-16H2,1H3,(H,25,28). The van der Waals surface area contributed by atoms with Crippen LogP contribution in [0, 0.1) is 0 Å². The number of hydrogen-bond acceptors (Lipinski definition) is 2. The summed E-state index contributed by atoms with van der Waals surface area (Å²) >= 11 is 3.47. The van der Waals surface area contributed by atoms with E-state index >= 15 is 0 Å². The van der Waals surface area contributed by atoms with Crippen LogP contribution in [0.1, 0.15) is 33.2 Å². The maximum absolute atomic E-state index is 12.7. The first-order valence-corrected chi connectivity index (χ1v) is 10.4. The molecule has 2 aromatic carbocycles. The first-order valence-electron chi connectivity index (χ1n) is 9.58. The highest BCUT2D eigenvalue weighted by Crippen LogP contribution is 2.28. The van der Waals surface area contributed by atoms with Crippen molar-refractivity contribution in [3.63, 3.8) is 0 Å². The van der Waals surface area contributed by atoms with Gasteiger partial charge in [0.05, 0.1) is 11.6 Å². The van der Waals surface area contributed by atoms with Gasteiger partial charge in [-0.15, -0.1) is 0 Å². The smallest absolute Gasteiger partial charge is 0.252 e. The number of aryl methyl sites for hydroxylation is 1. The first-order chi connectivity index (χ1) is 13.6. The average Bonchev–Trinajstić information content (AvgIpc) is 3.14. The van der Waals surface area contributed by atoms with Gasteiger partial charge in [-0.2, -0.15) is 0 Å². The molecule has 1 unspecified atom stereocenters. The maximum atomic E-state index is 12.7. The van der Waals surface area contributed by atoms with E-state index in [9.17, 15) is 4.79 Å². The van der Waals surface area contributed by atoms with E-state index in [1.807, 2.05) is 24.3 Å². The van der Waals surface area contributed by atoms with Gasteiger partial charge in [0.15, 0.2) is 0 Å². The lowest BCUT2D eigenvalue weighted by atomic mass is 9.97. The number of nitrogens with zero attached hydrogens (tertiary/aromatic N) is 2. The zero-order valence-corrected chi connectivity index (χ0v) is 17.5. The van der Waals surface area contributed by atoms with E-state index in [1.54, 1.807) is 0 Å². The lowest BCUT2D eigenvalue weighted by Gasteiger charge is -2.36. The van der Waals surface area contributed by atoms with Crippen LogP contribution in [0.2, 0.25) is 0 Å². The van der Waals surface area contributed by atoms with Crippen molar-refractivity contribution < 1.29 is 4.79 Å². The number of carbonyl (C=O) groups is 1. The lowest BCUT2D eigenvalue weighted by Crippen LogP contribution is -2.41. The van der Waals surface area contributed by atoms with Crippen LogP contribution < -0.4 is 5.32 Å². The molecule has 1 amide bonds. The molecule has 1 aliphatic heterocycles. The molecule has 0 saturated heterocycles. The first kappa shape index (κ1) is 19.0. The Kier molecular flexibility index (Phi) is 5.64. The second-order valence-corrected chi connectivity index (χ2v) is 8.09. The predicted molar refractivity (Wildman–Crippen MR) is 115 cm³/mol. The largest absolute Gasteiger partial charge is 0.353 e. The van der Waals surface area contributed by atoms with Crippen molar-refractivity contribution in [3.05, 3.63) is 93.7 Å². The van der Waals surface area contributed by atoms with Crippen molar-refractivity contribution >= 4 is 21.8 Å². The SMILES string of the molecule is Cn1cccc1C(CNC(=O)c1ccccc1Br)N1CCc2ccccc2C1. The summed E-state index contributed by atoms with van der Waals surface area (Å²) in [5.74, 6) is -0.0518. The van der Waals surface area contributed by atoms with Gasteiger partial charge in [0.1, 0.15) is 0 Å². The molecule has 0 spiro atoms. The molecule has 4 rings (SSSR count). The third-order valence-electron chi connectivity index (χ3n) is 5.50. The van der Waals surface area contributed by atoms with Gasteiger partial charge in [-0.3, -0.25) is 9.69 Å².